The fraction of sp³-hybridized carbons (Fsp3) is 0.333. The van der Waals surface area contributed by atoms with Crippen LogP contribution in [0.25, 0.3) is 0 Å². The molecule has 0 saturated heterocycles. The van der Waals surface area contributed by atoms with Crippen LogP contribution >= 0.6 is 15.9 Å². The first-order valence-electron chi connectivity index (χ1n) is 13.2. The largest absolute Gasteiger partial charge is 0.494 e. The molecule has 0 spiro atoms. The quantitative estimate of drug-likeness (QED) is 0.277. The van der Waals surface area contributed by atoms with Crippen molar-refractivity contribution in [2.75, 3.05) is 24.0 Å². The van der Waals surface area contributed by atoms with Crippen LogP contribution in [-0.4, -0.2) is 50.9 Å². The van der Waals surface area contributed by atoms with Gasteiger partial charge in [0.05, 0.1) is 17.2 Å². The van der Waals surface area contributed by atoms with Crippen molar-refractivity contribution in [3.63, 3.8) is 0 Å². The Kier molecular flexibility index (Phi) is 11.2. The lowest BCUT2D eigenvalue weighted by Gasteiger charge is -2.32. The van der Waals surface area contributed by atoms with E-state index in [1.165, 1.54) is 17.0 Å². The summed E-state index contributed by atoms with van der Waals surface area (Å²) in [5.41, 5.74) is 2.03. The van der Waals surface area contributed by atoms with Crippen LogP contribution in [0.5, 0.6) is 5.75 Å². The van der Waals surface area contributed by atoms with Crippen molar-refractivity contribution >= 4 is 43.5 Å². The maximum Gasteiger partial charge on any atom is 0.264 e. The topological polar surface area (TPSA) is 96.0 Å². The van der Waals surface area contributed by atoms with E-state index in [0.717, 1.165) is 26.3 Å². The van der Waals surface area contributed by atoms with Crippen molar-refractivity contribution in [2.24, 2.45) is 0 Å². The molecule has 3 aromatic rings. The number of nitrogens with zero attached hydrogens (tertiary/aromatic N) is 2. The summed E-state index contributed by atoms with van der Waals surface area (Å²) in [6, 6.07) is 19.6. The van der Waals surface area contributed by atoms with E-state index in [4.69, 9.17) is 4.74 Å². The average Bonchev–Trinajstić information content (AvgIpc) is 2.94. The molecule has 0 aliphatic heterocycles. The fourth-order valence-corrected chi connectivity index (χ4v) is 5.69. The number of sulfonamides is 1. The molecule has 1 atom stereocenters. The third-order valence-electron chi connectivity index (χ3n) is 6.31. The Morgan fingerprint density at radius 2 is 1.57 bits per heavy atom. The molecule has 10 heteroatoms. The van der Waals surface area contributed by atoms with Crippen LogP contribution in [0.3, 0.4) is 0 Å². The predicted octanol–water partition coefficient (Wildman–Crippen LogP) is 5.30. The minimum Gasteiger partial charge on any atom is -0.494 e. The van der Waals surface area contributed by atoms with Gasteiger partial charge in [0.2, 0.25) is 11.8 Å². The second-order valence-corrected chi connectivity index (χ2v) is 12.1. The average molecular weight is 631 g/mol. The number of halogens is 1. The van der Waals surface area contributed by atoms with Crippen molar-refractivity contribution in [1.29, 1.82) is 0 Å². The number of anilines is 1. The van der Waals surface area contributed by atoms with Crippen molar-refractivity contribution in [2.45, 2.75) is 51.6 Å². The number of ether oxygens (including phenoxy) is 1. The number of amides is 2. The van der Waals surface area contributed by atoms with Gasteiger partial charge in [0.25, 0.3) is 10.0 Å². The first-order chi connectivity index (χ1) is 19.1. The number of carbonyl (C=O) groups is 2. The third-order valence-corrected chi connectivity index (χ3v) is 8.62. The predicted molar refractivity (Wildman–Crippen MR) is 161 cm³/mol. The molecule has 0 heterocycles. The Morgan fingerprint density at radius 1 is 0.950 bits per heavy atom. The molecule has 0 aromatic heterocycles. The van der Waals surface area contributed by atoms with Gasteiger partial charge in [0.1, 0.15) is 18.3 Å². The van der Waals surface area contributed by atoms with E-state index in [1.54, 1.807) is 43.3 Å². The highest BCUT2D eigenvalue weighted by Gasteiger charge is 2.32. The number of benzene rings is 3. The van der Waals surface area contributed by atoms with Crippen LogP contribution in [0.1, 0.15) is 38.3 Å². The van der Waals surface area contributed by atoms with Gasteiger partial charge in [-0.15, -0.1) is 0 Å². The number of hydrogen-bond acceptors (Lipinski definition) is 5. The molecule has 8 nitrogen and oxygen atoms in total. The summed E-state index contributed by atoms with van der Waals surface area (Å²) in [5.74, 6) is -0.226. The van der Waals surface area contributed by atoms with Crippen molar-refractivity contribution in [1.82, 2.24) is 10.2 Å². The van der Waals surface area contributed by atoms with E-state index in [9.17, 15) is 18.0 Å². The number of rotatable bonds is 13. The Labute approximate surface area is 245 Å². The molecular weight excluding hydrogens is 594 g/mol. The van der Waals surface area contributed by atoms with E-state index >= 15 is 0 Å². The lowest BCUT2D eigenvalue weighted by molar-refractivity contribution is -0.139. The zero-order chi connectivity index (χ0) is 29.3. The Balaban J connectivity index is 2.01. The Bertz CT molecular complexity index is 1380. The van der Waals surface area contributed by atoms with Gasteiger partial charge in [-0.3, -0.25) is 13.9 Å². The lowest BCUT2D eigenvalue weighted by Crippen LogP contribution is -2.51. The molecule has 1 N–H and O–H groups in total. The molecule has 0 saturated carbocycles. The Morgan fingerprint density at radius 3 is 2.15 bits per heavy atom. The minimum absolute atomic E-state index is 0.0629. The fourth-order valence-electron chi connectivity index (χ4n) is 4.01. The van der Waals surface area contributed by atoms with E-state index in [1.807, 2.05) is 45.0 Å². The van der Waals surface area contributed by atoms with Gasteiger partial charge in [-0.2, -0.15) is 0 Å². The smallest absolute Gasteiger partial charge is 0.264 e. The SMILES string of the molecule is CCCNC(=O)[C@@H](C)N(Cc1ccc(Br)cc1)C(=O)CN(c1ccc(OCC)cc1)S(=O)(=O)c1ccc(C)cc1. The number of aryl methyl sites for hydroxylation is 1. The second kappa shape index (κ2) is 14.3. The highest BCUT2D eigenvalue weighted by atomic mass is 79.9. The standard InChI is InChI=1S/C30H36BrN3O5S/c1-5-19-32-30(36)23(4)33(20-24-9-11-25(31)12-10-24)29(35)21-34(26-13-15-27(16-14-26)39-6-2)40(37,38)28-17-7-22(3)8-18-28/h7-18,23H,5-6,19-21H2,1-4H3,(H,32,36)/t23-/m1/s1. The lowest BCUT2D eigenvalue weighted by atomic mass is 10.1. The van der Waals surface area contributed by atoms with Crippen molar-refractivity contribution in [3.8, 4) is 5.75 Å². The van der Waals surface area contributed by atoms with Crippen LogP contribution < -0.4 is 14.4 Å². The number of carbonyl (C=O) groups excluding carboxylic acids is 2. The summed E-state index contributed by atoms with van der Waals surface area (Å²) in [5, 5.41) is 2.84. The molecule has 2 amide bonds. The first kappa shape index (κ1) is 31.2. The highest BCUT2D eigenvalue weighted by molar-refractivity contribution is 9.10. The monoisotopic (exact) mass is 629 g/mol. The molecule has 214 valence electrons. The van der Waals surface area contributed by atoms with Crippen LogP contribution in [0.4, 0.5) is 5.69 Å². The molecule has 40 heavy (non-hydrogen) atoms. The van der Waals surface area contributed by atoms with E-state index in [-0.39, 0.29) is 17.3 Å². The molecular formula is C30H36BrN3O5S. The number of hydrogen-bond donors (Lipinski definition) is 1. The van der Waals surface area contributed by atoms with Gasteiger partial charge in [-0.25, -0.2) is 8.42 Å². The van der Waals surface area contributed by atoms with Crippen LogP contribution in [-0.2, 0) is 26.2 Å². The van der Waals surface area contributed by atoms with E-state index < -0.39 is 28.5 Å². The number of nitrogens with one attached hydrogen (secondary N) is 1. The van der Waals surface area contributed by atoms with Crippen molar-refractivity contribution < 1.29 is 22.7 Å². The van der Waals surface area contributed by atoms with E-state index in [0.29, 0.717) is 24.6 Å². The maximum atomic E-state index is 13.9. The zero-order valence-electron chi connectivity index (χ0n) is 23.3. The summed E-state index contributed by atoms with van der Waals surface area (Å²) in [4.78, 5) is 28.3. The second-order valence-electron chi connectivity index (χ2n) is 9.37. The van der Waals surface area contributed by atoms with Crippen LogP contribution in [0, 0.1) is 6.92 Å². The molecule has 0 bridgehead atoms. The first-order valence-corrected chi connectivity index (χ1v) is 15.4. The van der Waals surface area contributed by atoms with Crippen LogP contribution in [0.15, 0.2) is 82.2 Å². The summed E-state index contributed by atoms with van der Waals surface area (Å²) in [7, 11) is -4.12. The van der Waals surface area contributed by atoms with Gasteiger partial charge in [0.15, 0.2) is 0 Å². The third kappa shape index (κ3) is 8.08. The molecule has 3 rings (SSSR count). The minimum atomic E-state index is -4.12. The molecule has 0 fully saturated rings. The summed E-state index contributed by atoms with van der Waals surface area (Å²) in [6.45, 7) is 7.90. The molecule has 3 aromatic carbocycles. The van der Waals surface area contributed by atoms with Crippen molar-refractivity contribution in [3.05, 3.63) is 88.4 Å². The molecule has 0 radical (unpaired) electrons. The summed E-state index contributed by atoms with van der Waals surface area (Å²) < 4.78 is 35.3. The maximum absolute atomic E-state index is 13.9. The summed E-state index contributed by atoms with van der Waals surface area (Å²) in [6.07, 6.45) is 0.749. The Hall–Kier alpha value is -3.37. The van der Waals surface area contributed by atoms with Gasteiger partial charge in [-0.05, 0) is 81.3 Å². The summed E-state index contributed by atoms with van der Waals surface area (Å²) >= 11 is 3.42. The van der Waals surface area contributed by atoms with Gasteiger partial charge < -0.3 is 15.0 Å². The van der Waals surface area contributed by atoms with Gasteiger partial charge in [-0.1, -0.05) is 52.7 Å². The molecule has 0 aliphatic carbocycles. The molecule has 0 aliphatic rings. The van der Waals surface area contributed by atoms with E-state index in [2.05, 4.69) is 21.2 Å². The zero-order valence-corrected chi connectivity index (χ0v) is 25.7. The normalized spacial score (nSPS) is 11.9. The van der Waals surface area contributed by atoms with Gasteiger partial charge >= 0.3 is 0 Å². The molecule has 0 unspecified atom stereocenters. The highest BCUT2D eigenvalue weighted by Crippen LogP contribution is 2.27. The van der Waals surface area contributed by atoms with Gasteiger partial charge in [0, 0.05) is 17.6 Å². The van der Waals surface area contributed by atoms with Crippen LogP contribution in [0.2, 0.25) is 0 Å².